The van der Waals surface area contributed by atoms with Crippen molar-refractivity contribution in [1.29, 1.82) is 0 Å². The predicted molar refractivity (Wildman–Crippen MR) is 102 cm³/mol. The van der Waals surface area contributed by atoms with E-state index in [0.29, 0.717) is 6.54 Å². The molecular formula is C21H24N4O. The zero-order valence-corrected chi connectivity index (χ0v) is 15.0. The van der Waals surface area contributed by atoms with Crippen LogP contribution >= 0.6 is 0 Å². The van der Waals surface area contributed by atoms with Crippen LogP contribution in [0.4, 0.5) is 0 Å². The molecule has 1 aromatic heterocycles. The van der Waals surface area contributed by atoms with Gasteiger partial charge >= 0.3 is 0 Å². The van der Waals surface area contributed by atoms with Gasteiger partial charge in [0.2, 0.25) is 0 Å². The highest BCUT2D eigenvalue weighted by Gasteiger charge is 2.35. The molecule has 1 aliphatic rings. The van der Waals surface area contributed by atoms with Crippen molar-refractivity contribution in [3.05, 3.63) is 65.9 Å². The molecule has 134 valence electrons. The van der Waals surface area contributed by atoms with Gasteiger partial charge < -0.3 is 10.1 Å². The van der Waals surface area contributed by atoms with Crippen LogP contribution in [0.3, 0.4) is 0 Å². The molecular weight excluding hydrogens is 324 g/mol. The Morgan fingerprint density at radius 2 is 1.73 bits per heavy atom. The highest BCUT2D eigenvalue weighted by molar-refractivity contribution is 5.60. The van der Waals surface area contributed by atoms with Crippen molar-refractivity contribution in [2.24, 2.45) is 0 Å². The summed E-state index contributed by atoms with van der Waals surface area (Å²) in [6.07, 6.45) is 4.75. The molecule has 1 heterocycles. The normalized spacial score (nSPS) is 15.9. The molecule has 0 atom stereocenters. The summed E-state index contributed by atoms with van der Waals surface area (Å²) in [4.78, 5) is 0. The van der Waals surface area contributed by atoms with E-state index in [1.807, 2.05) is 30.3 Å². The van der Waals surface area contributed by atoms with Crippen LogP contribution in [-0.4, -0.2) is 22.5 Å². The van der Waals surface area contributed by atoms with E-state index >= 15 is 0 Å². The third-order valence-electron chi connectivity index (χ3n) is 5.36. The molecule has 0 aliphatic heterocycles. The Morgan fingerprint density at radius 3 is 2.42 bits per heavy atom. The van der Waals surface area contributed by atoms with Crippen molar-refractivity contribution in [3.8, 4) is 17.0 Å². The second-order valence-corrected chi connectivity index (χ2v) is 6.86. The van der Waals surface area contributed by atoms with Gasteiger partial charge in [0.1, 0.15) is 17.1 Å². The summed E-state index contributed by atoms with van der Waals surface area (Å²) < 4.78 is 5.31. The van der Waals surface area contributed by atoms with Crippen LogP contribution < -0.4 is 10.1 Å². The van der Waals surface area contributed by atoms with E-state index in [2.05, 4.69) is 45.0 Å². The molecule has 0 spiro atoms. The maximum atomic E-state index is 5.31. The van der Waals surface area contributed by atoms with Crippen LogP contribution in [0.15, 0.2) is 54.6 Å². The van der Waals surface area contributed by atoms with Gasteiger partial charge in [-0.1, -0.05) is 55.3 Å². The zero-order valence-electron chi connectivity index (χ0n) is 15.0. The topological polar surface area (TPSA) is 62.8 Å². The van der Waals surface area contributed by atoms with E-state index in [0.717, 1.165) is 35.5 Å². The highest BCUT2D eigenvalue weighted by Crippen LogP contribution is 2.39. The van der Waals surface area contributed by atoms with Gasteiger partial charge in [0.25, 0.3) is 0 Å². The van der Waals surface area contributed by atoms with E-state index in [4.69, 9.17) is 4.74 Å². The molecule has 4 rings (SSSR count). The molecule has 0 unspecified atom stereocenters. The number of aromatic nitrogens is 3. The van der Waals surface area contributed by atoms with Gasteiger partial charge in [0, 0.05) is 17.6 Å². The first-order valence-corrected chi connectivity index (χ1v) is 9.15. The summed E-state index contributed by atoms with van der Waals surface area (Å²) in [5, 5.41) is 15.3. The second-order valence-electron chi connectivity index (χ2n) is 6.86. The minimum Gasteiger partial charge on any atom is -0.497 e. The number of ether oxygens (including phenoxy) is 1. The SMILES string of the molecule is COc1ccc(C2(NCc3n[nH]nc3-c3ccccc3)CCCC2)cc1. The third kappa shape index (κ3) is 3.22. The summed E-state index contributed by atoms with van der Waals surface area (Å²) in [6, 6.07) is 18.6. The van der Waals surface area contributed by atoms with Crippen LogP contribution in [0.5, 0.6) is 5.75 Å². The second kappa shape index (κ2) is 7.30. The summed E-state index contributed by atoms with van der Waals surface area (Å²) in [5.41, 5.74) is 4.28. The van der Waals surface area contributed by atoms with Gasteiger partial charge in [-0.3, -0.25) is 0 Å². The van der Waals surface area contributed by atoms with Crippen molar-refractivity contribution in [3.63, 3.8) is 0 Å². The maximum absolute atomic E-state index is 5.31. The molecule has 5 heteroatoms. The molecule has 2 N–H and O–H groups in total. The minimum atomic E-state index is -0.000814. The molecule has 0 radical (unpaired) electrons. The Kier molecular flexibility index (Phi) is 4.71. The number of methoxy groups -OCH3 is 1. The largest absolute Gasteiger partial charge is 0.497 e. The monoisotopic (exact) mass is 348 g/mol. The van der Waals surface area contributed by atoms with Crippen LogP contribution in [0.1, 0.15) is 36.9 Å². The molecule has 3 aromatic rings. The molecule has 1 fully saturated rings. The first-order valence-electron chi connectivity index (χ1n) is 9.15. The summed E-state index contributed by atoms with van der Waals surface area (Å²) in [6.45, 7) is 0.687. The molecule has 5 nitrogen and oxygen atoms in total. The van der Waals surface area contributed by atoms with Crippen molar-refractivity contribution >= 4 is 0 Å². The number of nitrogens with zero attached hydrogens (tertiary/aromatic N) is 2. The fourth-order valence-corrected chi connectivity index (χ4v) is 3.91. The fourth-order valence-electron chi connectivity index (χ4n) is 3.91. The molecule has 1 saturated carbocycles. The van der Waals surface area contributed by atoms with Crippen molar-refractivity contribution < 1.29 is 4.74 Å². The molecule has 1 aliphatic carbocycles. The maximum Gasteiger partial charge on any atom is 0.118 e. The lowest BCUT2D eigenvalue weighted by molar-refractivity contribution is 0.336. The van der Waals surface area contributed by atoms with Crippen molar-refractivity contribution in [2.75, 3.05) is 7.11 Å². The highest BCUT2D eigenvalue weighted by atomic mass is 16.5. The van der Waals surface area contributed by atoms with Gasteiger partial charge in [-0.25, -0.2) is 0 Å². The Labute approximate surface area is 153 Å². The smallest absolute Gasteiger partial charge is 0.118 e. The van der Waals surface area contributed by atoms with Crippen LogP contribution in [0.2, 0.25) is 0 Å². The molecule has 2 aromatic carbocycles. The van der Waals surface area contributed by atoms with Crippen molar-refractivity contribution in [1.82, 2.24) is 20.7 Å². The fraction of sp³-hybridized carbons (Fsp3) is 0.333. The van der Waals surface area contributed by atoms with Gasteiger partial charge in [0.15, 0.2) is 0 Å². The average molecular weight is 348 g/mol. The third-order valence-corrected chi connectivity index (χ3v) is 5.36. The number of hydrogen-bond donors (Lipinski definition) is 2. The van der Waals surface area contributed by atoms with Gasteiger partial charge in [0.05, 0.1) is 7.11 Å². The van der Waals surface area contributed by atoms with Crippen LogP contribution in [0.25, 0.3) is 11.3 Å². The van der Waals surface area contributed by atoms with Gasteiger partial charge in [-0.2, -0.15) is 15.4 Å². The number of H-pyrrole nitrogens is 1. The first kappa shape index (κ1) is 16.8. The lowest BCUT2D eigenvalue weighted by Gasteiger charge is -2.31. The number of benzene rings is 2. The Bertz CT molecular complexity index is 836. The Morgan fingerprint density at radius 1 is 1.00 bits per heavy atom. The van der Waals surface area contributed by atoms with E-state index in [9.17, 15) is 0 Å². The van der Waals surface area contributed by atoms with Gasteiger partial charge in [-0.15, -0.1) is 0 Å². The summed E-state index contributed by atoms with van der Waals surface area (Å²) in [7, 11) is 1.70. The zero-order chi connectivity index (χ0) is 17.8. The lowest BCUT2D eigenvalue weighted by Crippen LogP contribution is -2.39. The summed E-state index contributed by atoms with van der Waals surface area (Å²) in [5.74, 6) is 0.893. The van der Waals surface area contributed by atoms with Gasteiger partial charge in [-0.05, 0) is 30.5 Å². The molecule has 0 amide bonds. The molecule has 0 saturated heterocycles. The van der Waals surface area contributed by atoms with E-state index < -0.39 is 0 Å². The lowest BCUT2D eigenvalue weighted by atomic mass is 9.88. The number of hydrogen-bond acceptors (Lipinski definition) is 4. The van der Waals surface area contributed by atoms with Crippen molar-refractivity contribution in [2.45, 2.75) is 37.8 Å². The number of rotatable bonds is 6. The average Bonchev–Trinajstić information content (AvgIpc) is 3.37. The minimum absolute atomic E-state index is 0.000814. The first-order chi connectivity index (χ1) is 12.8. The quantitative estimate of drug-likeness (QED) is 0.706. The number of nitrogens with one attached hydrogen (secondary N) is 2. The number of aromatic amines is 1. The van der Waals surface area contributed by atoms with Crippen LogP contribution in [-0.2, 0) is 12.1 Å². The van der Waals surface area contributed by atoms with E-state index in [1.54, 1.807) is 7.11 Å². The molecule has 0 bridgehead atoms. The Balaban J connectivity index is 1.56. The summed E-state index contributed by atoms with van der Waals surface area (Å²) >= 11 is 0. The Hall–Kier alpha value is -2.66. The molecule has 26 heavy (non-hydrogen) atoms. The van der Waals surface area contributed by atoms with E-state index in [-0.39, 0.29) is 5.54 Å². The predicted octanol–water partition coefficient (Wildman–Crippen LogP) is 4.04. The standard InChI is InChI=1S/C21H24N4O/c1-26-18-11-9-17(10-12-18)21(13-5-6-14-21)22-15-19-20(24-25-23-19)16-7-3-2-4-8-16/h2-4,7-12,22H,5-6,13-15H2,1H3,(H,23,24,25). The van der Waals surface area contributed by atoms with Crippen LogP contribution in [0, 0.1) is 0 Å². The van der Waals surface area contributed by atoms with E-state index in [1.165, 1.54) is 18.4 Å².